The molecule has 1 fully saturated rings. The van der Waals surface area contributed by atoms with Crippen molar-refractivity contribution in [2.45, 2.75) is 58.9 Å². The van der Waals surface area contributed by atoms with Crippen LogP contribution < -0.4 is 0 Å². The highest BCUT2D eigenvalue weighted by Crippen LogP contribution is 2.35. The second kappa shape index (κ2) is 6.60. The number of carboxylic acids is 1. The highest BCUT2D eigenvalue weighted by atomic mass is 16.5. The van der Waals surface area contributed by atoms with Crippen molar-refractivity contribution in [3.05, 3.63) is 17.5 Å². The molecule has 1 saturated heterocycles. The van der Waals surface area contributed by atoms with Crippen molar-refractivity contribution in [2.75, 3.05) is 13.1 Å². The molecule has 2 heterocycles. The summed E-state index contributed by atoms with van der Waals surface area (Å²) in [7, 11) is 0. The van der Waals surface area contributed by atoms with Crippen LogP contribution in [0.15, 0.2) is 10.6 Å². The summed E-state index contributed by atoms with van der Waals surface area (Å²) < 4.78 is 5.32. The lowest BCUT2D eigenvalue weighted by Crippen LogP contribution is -2.47. The van der Waals surface area contributed by atoms with E-state index in [-0.39, 0.29) is 0 Å². The third-order valence-corrected chi connectivity index (χ3v) is 4.37. The lowest BCUT2D eigenvalue weighted by atomic mass is 9.76. The van der Waals surface area contributed by atoms with Gasteiger partial charge in [-0.2, -0.15) is 0 Å². The second-order valence-corrected chi connectivity index (χ2v) is 6.53. The molecule has 0 amide bonds. The maximum absolute atomic E-state index is 11.7. The highest BCUT2D eigenvalue weighted by Gasteiger charge is 2.41. The lowest BCUT2D eigenvalue weighted by molar-refractivity contribution is -0.153. The summed E-state index contributed by atoms with van der Waals surface area (Å²) in [6, 6.07) is 1.99. The van der Waals surface area contributed by atoms with Gasteiger partial charge < -0.3 is 9.63 Å². The quantitative estimate of drug-likeness (QED) is 0.872. The van der Waals surface area contributed by atoms with Gasteiger partial charge in [-0.3, -0.25) is 9.69 Å². The molecule has 21 heavy (non-hydrogen) atoms. The molecule has 2 rings (SSSR count). The van der Waals surface area contributed by atoms with Gasteiger partial charge in [0.05, 0.1) is 11.1 Å². The summed E-state index contributed by atoms with van der Waals surface area (Å²) in [6.07, 6.45) is 3.36. The minimum Gasteiger partial charge on any atom is -0.481 e. The van der Waals surface area contributed by atoms with Gasteiger partial charge in [0.2, 0.25) is 0 Å². The van der Waals surface area contributed by atoms with E-state index in [9.17, 15) is 9.90 Å². The monoisotopic (exact) mass is 294 g/mol. The summed E-state index contributed by atoms with van der Waals surface area (Å²) in [4.78, 5) is 13.9. The molecule has 1 unspecified atom stereocenters. The van der Waals surface area contributed by atoms with Crippen LogP contribution in [0.25, 0.3) is 0 Å². The molecule has 1 aromatic heterocycles. The van der Waals surface area contributed by atoms with Crippen LogP contribution in [0.4, 0.5) is 0 Å². The Kier molecular flexibility index (Phi) is 5.04. The molecular formula is C16H26N2O3. The van der Waals surface area contributed by atoms with Gasteiger partial charge in [0.1, 0.15) is 5.76 Å². The Bertz CT molecular complexity index is 480. The van der Waals surface area contributed by atoms with Crippen LogP contribution in [0.2, 0.25) is 0 Å². The Morgan fingerprint density at radius 3 is 2.90 bits per heavy atom. The van der Waals surface area contributed by atoms with Crippen LogP contribution in [0, 0.1) is 5.41 Å². The predicted molar refractivity (Wildman–Crippen MR) is 80.1 cm³/mol. The fraction of sp³-hybridized carbons (Fsp3) is 0.750. The van der Waals surface area contributed by atoms with Gasteiger partial charge in [-0.1, -0.05) is 32.3 Å². The van der Waals surface area contributed by atoms with Crippen molar-refractivity contribution < 1.29 is 14.4 Å². The van der Waals surface area contributed by atoms with E-state index in [1.165, 1.54) is 0 Å². The third-order valence-electron chi connectivity index (χ3n) is 4.37. The van der Waals surface area contributed by atoms with Crippen molar-refractivity contribution in [1.29, 1.82) is 0 Å². The Hall–Kier alpha value is -1.36. The van der Waals surface area contributed by atoms with Crippen LogP contribution in [-0.2, 0) is 11.3 Å². The lowest BCUT2D eigenvalue weighted by Gasteiger charge is -2.39. The molecule has 0 aromatic carbocycles. The highest BCUT2D eigenvalue weighted by molar-refractivity contribution is 5.75. The fourth-order valence-electron chi connectivity index (χ4n) is 3.23. The number of carbonyl (C=O) groups is 1. The molecule has 1 aliphatic heterocycles. The summed E-state index contributed by atoms with van der Waals surface area (Å²) in [5.41, 5.74) is 0.314. The van der Waals surface area contributed by atoms with E-state index < -0.39 is 11.4 Å². The van der Waals surface area contributed by atoms with Crippen LogP contribution in [0.5, 0.6) is 0 Å². The van der Waals surface area contributed by atoms with Gasteiger partial charge in [0, 0.05) is 25.1 Å². The number of aromatic nitrogens is 1. The number of hydrogen-bond donors (Lipinski definition) is 1. The normalized spacial score (nSPS) is 23.6. The third kappa shape index (κ3) is 3.64. The number of likely N-dealkylation sites (tertiary alicyclic amines) is 1. The molecule has 0 radical (unpaired) electrons. The number of hydrogen-bond acceptors (Lipinski definition) is 4. The molecule has 0 spiro atoms. The molecular weight excluding hydrogens is 268 g/mol. The van der Waals surface area contributed by atoms with E-state index in [0.29, 0.717) is 19.0 Å². The first-order valence-corrected chi connectivity index (χ1v) is 7.88. The van der Waals surface area contributed by atoms with Crippen molar-refractivity contribution in [3.8, 4) is 0 Å². The number of nitrogens with zero attached hydrogens (tertiary/aromatic N) is 2. The minimum atomic E-state index is -0.655. The zero-order chi connectivity index (χ0) is 15.5. The SMILES string of the molecule is CCCC1(C(=O)O)CCCN(Cc2cc(C(C)C)on2)C1. The maximum Gasteiger partial charge on any atom is 0.310 e. The van der Waals surface area contributed by atoms with Crippen molar-refractivity contribution >= 4 is 5.97 Å². The average Bonchev–Trinajstić information content (AvgIpc) is 2.88. The van der Waals surface area contributed by atoms with Gasteiger partial charge in [-0.15, -0.1) is 0 Å². The van der Waals surface area contributed by atoms with Gasteiger partial charge in [-0.05, 0) is 25.8 Å². The standard InChI is InChI=1S/C16H26N2O3/c1-4-6-16(15(19)20)7-5-8-18(11-16)10-13-9-14(12(2)3)21-17-13/h9,12H,4-8,10-11H2,1-3H3,(H,19,20). The molecule has 0 aliphatic carbocycles. The summed E-state index contributed by atoms with van der Waals surface area (Å²) in [5.74, 6) is 0.558. The molecule has 1 aliphatic rings. The topological polar surface area (TPSA) is 66.6 Å². The number of aliphatic carboxylic acids is 1. The van der Waals surface area contributed by atoms with E-state index in [0.717, 1.165) is 43.7 Å². The molecule has 1 N–H and O–H groups in total. The predicted octanol–water partition coefficient (Wildman–Crippen LogP) is 3.26. The van der Waals surface area contributed by atoms with Gasteiger partial charge in [-0.25, -0.2) is 0 Å². The van der Waals surface area contributed by atoms with E-state index in [1.54, 1.807) is 0 Å². The summed E-state index contributed by atoms with van der Waals surface area (Å²) in [6.45, 7) is 8.41. The molecule has 5 nitrogen and oxygen atoms in total. The molecule has 1 atom stereocenters. The van der Waals surface area contributed by atoms with Crippen LogP contribution in [0.1, 0.15) is 63.8 Å². The molecule has 0 saturated carbocycles. The number of rotatable bonds is 6. The minimum absolute atomic E-state index is 0.325. The molecule has 5 heteroatoms. The van der Waals surface area contributed by atoms with E-state index in [1.807, 2.05) is 6.07 Å². The van der Waals surface area contributed by atoms with Crippen molar-refractivity contribution in [2.24, 2.45) is 5.41 Å². The van der Waals surface area contributed by atoms with Gasteiger partial charge in [0.25, 0.3) is 0 Å². The second-order valence-electron chi connectivity index (χ2n) is 6.53. The molecule has 1 aromatic rings. The Labute approximate surface area is 126 Å². The first kappa shape index (κ1) is 16.0. The van der Waals surface area contributed by atoms with E-state index in [2.05, 4.69) is 30.8 Å². The van der Waals surface area contributed by atoms with E-state index >= 15 is 0 Å². The van der Waals surface area contributed by atoms with Crippen LogP contribution in [-0.4, -0.2) is 34.2 Å². The van der Waals surface area contributed by atoms with Crippen molar-refractivity contribution in [3.63, 3.8) is 0 Å². The maximum atomic E-state index is 11.7. The van der Waals surface area contributed by atoms with Gasteiger partial charge >= 0.3 is 5.97 Å². The number of piperidine rings is 1. The zero-order valence-electron chi connectivity index (χ0n) is 13.3. The number of carboxylic acid groups (broad SMARTS) is 1. The molecule has 118 valence electrons. The first-order valence-electron chi connectivity index (χ1n) is 7.88. The van der Waals surface area contributed by atoms with Crippen molar-refractivity contribution in [1.82, 2.24) is 10.1 Å². The summed E-state index contributed by atoms with van der Waals surface area (Å²) >= 11 is 0. The van der Waals surface area contributed by atoms with Gasteiger partial charge in [0.15, 0.2) is 0 Å². The van der Waals surface area contributed by atoms with Crippen LogP contribution >= 0.6 is 0 Å². The molecule has 0 bridgehead atoms. The zero-order valence-corrected chi connectivity index (χ0v) is 13.3. The Balaban J connectivity index is 2.04. The smallest absolute Gasteiger partial charge is 0.310 e. The largest absolute Gasteiger partial charge is 0.481 e. The Morgan fingerprint density at radius 1 is 1.57 bits per heavy atom. The summed E-state index contributed by atoms with van der Waals surface area (Å²) in [5, 5.41) is 13.7. The van der Waals surface area contributed by atoms with E-state index in [4.69, 9.17) is 4.52 Å². The van der Waals surface area contributed by atoms with Crippen LogP contribution in [0.3, 0.4) is 0 Å². The average molecular weight is 294 g/mol. The fourth-order valence-corrected chi connectivity index (χ4v) is 3.23. The Morgan fingerprint density at radius 2 is 2.33 bits per heavy atom. The first-order chi connectivity index (χ1) is 9.97.